The minimum absolute atomic E-state index is 0.0272. The van der Waals surface area contributed by atoms with Gasteiger partial charge < -0.3 is 14.7 Å². The summed E-state index contributed by atoms with van der Waals surface area (Å²) >= 11 is 0. The van der Waals surface area contributed by atoms with E-state index in [4.69, 9.17) is 4.74 Å². The molecule has 2 heterocycles. The average molecular weight is 358 g/mol. The van der Waals surface area contributed by atoms with E-state index in [-0.39, 0.29) is 18.1 Å². The second-order valence-electron chi connectivity index (χ2n) is 6.90. The maximum Gasteiger partial charge on any atom is 0.222 e. The Morgan fingerprint density at radius 2 is 2.27 bits per heavy atom. The van der Waals surface area contributed by atoms with Crippen LogP contribution >= 0.6 is 0 Å². The predicted octanol–water partition coefficient (Wildman–Crippen LogP) is 1.49. The zero-order chi connectivity index (χ0) is 18.7. The van der Waals surface area contributed by atoms with E-state index < -0.39 is 6.10 Å². The summed E-state index contributed by atoms with van der Waals surface area (Å²) in [4.78, 5) is 18.3. The molecule has 7 heteroatoms. The number of carbonyl (C=O) groups excluding carboxylic acids is 1. The Hall–Kier alpha value is -2.41. The van der Waals surface area contributed by atoms with Gasteiger partial charge in [0.2, 0.25) is 5.91 Å². The molecule has 0 spiro atoms. The van der Waals surface area contributed by atoms with Crippen LogP contribution in [-0.2, 0) is 18.3 Å². The number of aromatic nitrogens is 3. The number of nitrogens with zero attached hydrogens (tertiary/aromatic N) is 4. The first-order valence-corrected chi connectivity index (χ1v) is 8.95. The molecule has 2 aromatic heterocycles. The Morgan fingerprint density at radius 3 is 2.92 bits per heavy atom. The largest absolute Gasteiger partial charge is 0.486 e. The molecule has 1 aliphatic carbocycles. The molecule has 1 fully saturated rings. The first-order chi connectivity index (χ1) is 12.5. The zero-order valence-electron chi connectivity index (χ0n) is 15.5. The van der Waals surface area contributed by atoms with Crippen molar-refractivity contribution in [3.63, 3.8) is 0 Å². The zero-order valence-corrected chi connectivity index (χ0v) is 15.5. The quantitative estimate of drug-likeness (QED) is 0.846. The molecule has 2 aromatic rings. The molecular weight excluding hydrogens is 332 g/mol. The van der Waals surface area contributed by atoms with Gasteiger partial charge >= 0.3 is 0 Å². The first kappa shape index (κ1) is 18.4. The highest BCUT2D eigenvalue weighted by molar-refractivity contribution is 5.76. The number of aryl methyl sites for hydroxylation is 3. The maximum atomic E-state index is 12.6. The molecular formula is C19H26N4O3. The van der Waals surface area contributed by atoms with E-state index in [1.54, 1.807) is 35.1 Å². The van der Waals surface area contributed by atoms with E-state index in [1.807, 2.05) is 26.2 Å². The van der Waals surface area contributed by atoms with Crippen molar-refractivity contribution >= 4 is 5.91 Å². The Morgan fingerprint density at radius 1 is 1.46 bits per heavy atom. The number of amides is 1. The van der Waals surface area contributed by atoms with E-state index in [0.717, 1.165) is 17.7 Å². The van der Waals surface area contributed by atoms with Crippen LogP contribution in [0.4, 0.5) is 0 Å². The van der Waals surface area contributed by atoms with Crippen LogP contribution in [0.25, 0.3) is 0 Å². The predicted molar refractivity (Wildman–Crippen MR) is 96.7 cm³/mol. The molecule has 0 unspecified atom stereocenters. The Kier molecular flexibility index (Phi) is 5.56. The third-order valence-electron chi connectivity index (χ3n) is 5.06. The molecule has 0 aromatic carbocycles. The van der Waals surface area contributed by atoms with Gasteiger partial charge in [-0.3, -0.25) is 14.5 Å². The lowest BCUT2D eigenvalue weighted by molar-refractivity contribution is -0.134. The SMILES string of the molecule is Cc1nn(C)cc1CCC(=O)N(C)[C@@H]1CC[C@@H](Oc2cccnc2)[C@@H]1O. The number of aliphatic hydroxyl groups is 1. The van der Waals surface area contributed by atoms with Gasteiger partial charge in [0.05, 0.1) is 17.9 Å². The molecule has 0 saturated heterocycles. The van der Waals surface area contributed by atoms with Crippen molar-refractivity contribution in [1.29, 1.82) is 0 Å². The highest BCUT2D eigenvalue weighted by atomic mass is 16.5. The molecule has 3 atom stereocenters. The molecule has 1 saturated carbocycles. The summed E-state index contributed by atoms with van der Waals surface area (Å²) in [5, 5.41) is 14.9. The highest BCUT2D eigenvalue weighted by Gasteiger charge is 2.40. The summed E-state index contributed by atoms with van der Waals surface area (Å²) < 4.78 is 7.60. The minimum atomic E-state index is -0.704. The Balaban J connectivity index is 1.54. The third-order valence-corrected chi connectivity index (χ3v) is 5.06. The van der Waals surface area contributed by atoms with E-state index >= 15 is 0 Å². The van der Waals surface area contributed by atoms with Gasteiger partial charge in [0, 0.05) is 32.9 Å². The van der Waals surface area contributed by atoms with Crippen LogP contribution < -0.4 is 4.74 Å². The highest BCUT2D eigenvalue weighted by Crippen LogP contribution is 2.28. The fraction of sp³-hybridized carbons (Fsp3) is 0.526. The van der Waals surface area contributed by atoms with Gasteiger partial charge in [0.15, 0.2) is 0 Å². The Bertz CT molecular complexity index is 746. The lowest BCUT2D eigenvalue weighted by atomic mass is 10.1. The number of pyridine rings is 1. The van der Waals surface area contributed by atoms with Gasteiger partial charge in [0.1, 0.15) is 18.0 Å². The lowest BCUT2D eigenvalue weighted by Gasteiger charge is -2.28. The molecule has 1 N–H and O–H groups in total. The molecule has 26 heavy (non-hydrogen) atoms. The monoisotopic (exact) mass is 358 g/mol. The summed E-state index contributed by atoms with van der Waals surface area (Å²) in [6.45, 7) is 1.95. The summed E-state index contributed by atoms with van der Waals surface area (Å²) in [7, 11) is 3.64. The number of hydrogen-bond donors (Lipinski definition) is 1. The van der Waals surface area contributed by atoms with Crippen molar-refractivity contribution in [2.75, 3.05) is 7.05 Å². The average Bonchev–Trinajstić information content (AvgIpc) is 3.15. The number of carbonyl (C=O) groups is 1. The van der Waals surface area contributed by atoms with Crippen molar-refractivity contribution < 1.29 is 14.6 Å². The molecule has 0 aliphatic heterocycles. The van der Waals surface area contributed by atoms with Crippen molar-refractivity contribution in [2.24, 2.45) is 7.05 Å². The van der Waals surface area contributed by atoms with Crippen molar-refractivity contribution in [3.05, 3.63) is 42.0 Å². The van der Waals surface area contributed by atoms with Crippen LogP contribution in [0, 0.1) is 6.92 Å². The van der Waals surface area contributed by atoms with E-state index in [0.29, 0.717) is 25.0 Å². The van der Waals surface area contributed by atoms with Crippen molar-refractivity contribution in [3.8, 4) is 5.75 Å². The van der Waals surface area contributed by atoms with Gasteiger partial charge in [-0.05, 0) is 43.9 Å². The molecule has 0 radical (unpaired) electrons. The second kappa shape index (κ2) is 7.86. The fourth-order valence-corrected chi connectivity index (χ4v) is 3.56. The van der Waals surface area contributed by atoms with Crippen LogP contribution in [0.15, 0.2) is 30.7 Å². The summed E-state index contributed by atoms with van der Waals surface area (Å²) in [5.41, 5.74) is 2.03. The minimum Gasteiger partial charge on any atom is -0.486 e. The summed E-state index contributed by atoms with van der Waals surface area (Å²) in [6, 6.07) is 3.39. The lowest BCUT2D eigenvalue weighted by Crippen LogP contribution is -2.45. The number of hydrogen-bond acceptors (Lipinski definition) is 5. The number of ether oxygens (including phenoxy) is 1. The molecule has 1 aliphatic rings. The van der Waals surface area contributed by atoms with Crippen molar-refractivity contribution in [2.45, 2.75) is 50.9 Å². The molecule has 1 amide bonds. The van der Waals surface area contributed by atoms with Crippen LogP contribution in [0.5, 0.6) is 5.75 Å². The van der Waals surface area contributed by atoms with Crippen LogP contribution in [-0.4, -0.2) is 56.0 Å². The third kappa shape index (κ3) is 4.04. The molecule has 0 bridgehead atoms. The number of aliphatic hydroxyl groups excluding tert-OH is 1. The van der Waals surface area contributed by atoms with E-state index in [1.165, 1.54) is 0 Å². The number of rotatable bonds is 6. The normalized spacial score (nSPS) is 22.4. The molecule has 140 valence electrons. The van der Waals surface area contributed by atoms with E-state index in [9.17, 15) is 9.90 Å². The first-order valence-electron chi connectivity index (χ1n) is 8.95. The standard InChI is InChI=1S/C19H26N4O3/c1-13-14(12-22(2)21-13)6-9-18(24)23(3)16-7-8-17(19(16)25)26-15-5-4-10-20-11-15/h4-5,10-12,16-17,19,25H,6-9H2,1-3H3/t16-,17-,19-/m1/s1. The van der Waals surface area contributed by atoms with Crippen LogP contribution in [0.1, 0.15) is 30.5 Å². The van der Waals surface area contributed by atoms with Gasteiger partial charge in [-0.25, -0.2) is 0 Å². The van der Waals surface area contributed by atoms with Gasteiger partial charge in [-0.15, -0.1) is 0 Å². The molecule has 3 rings (SSSR count). The smallest absolute Gasteiger partial charge is 0.222 e. The molecule has 7 nitrogen and oxygen atoms in total. The van der Waals surface area contributed by atoms with Gasteiger partial charge in [-0.1, -0.05) is 0 Å². The topological polar surface area (TPSA) is 80.5 Å². The van der Waals surface area contributed by atoms with Gasteiger partial charge in [-0.2, -0.15) is 5.10 Å². The van der Waals surface area contributed by atoms with Crippen LogP contribution in [0.3, 0.4) is 0 Å². The summed E-state index contributed by atoms with van der Waals surface area (Å²) in [6.07, 6.45) is 6.72. The maximum absolute atomic E-state index is 12.6. The van der Waals surface area contributed by atoms with Crippen molar-refractivity contribution in [1.82, 2.24) is 19.7 Å². The second-order valence-corrected chi connectivity index (χ2v) is 6.90. The number of likely N-dealkylation sites (N-methyl/N-ethyl adjacent to an activating group) is 1. The van der Waals surface area contributed by atoms with E-state index in [2.05, 4.69) is 10.1 Å². The fourth-order valence-electron chi connectivity index (χ4n) is 3.56. The van der Waals surface area contributed by atoms with Crippen LogP contribution in [0.2, 0.25) is 0 Å². The summed E-state index contributed by atoms with van der Waals surface area (Å²) in [5.74, 6) is 0.664. The van der Waals surface area contributed by atoms with Gasteiger partial charge in [0.25, 0.3) is 0 Å². The Labute approximate surface area is 153 Å².